The number of benzene rings is 1. The van der Waals surface area contributed by atoms with E-state index in [0.29, 0.717) is 5.89 Å². The average molecular weight is 230 g/mol. The molecule has 3 heteroatoms. The summed E-state index contributed by atoms with van der Waals surface area (Å²) in [7, 11) is 0. The van der Waals surface area contributed by atoms with E-state index in [0.717, 1.165) is 23.4 Å². The van der Waals surface area contributed by atoms with Crippen molar-refractivity contribution in [2.24, 2.45) is 5.41 Å². The zero-order valence-corrected chi connectivity index (χ0v) is 10.8. The van der Waals surface area contributed by atoms with Crippen LogP contribution < -0.4 is 0 Å². The first-order valence-corrected chi connectivity index (χ1v) is 5.84. The normalized spacial score (nSPS) is 11.8. The minimum absolute atomic E-state index is 0.173. The van der Waals surface area contributed by atoms with Gasteiger partial charge in [0, 0.05) is 12.0 Å². The SMILES string of the molecule is Cc1ccccc1-c1nc(CC(C)(C)C)no1. The fourth-order valence-corrected chi connectivity index (χ4v) is 1.72. The predicted octanol–water partition coefficient (Wildman–Crippen LogP) is 3.63. The lowest BCUT2D eigenvalue weighted by molar-refractivity contribution is 0.374. The number of aromatic nitrogens is 2. The second kappa shape index (κ2) is 4.32. The minimum Gasteiger partial charge on any atom is -0.334 e. The van der Waals surface area contributed by atoms with Gasteiger partial charge < -0.3 is 4.52 Å². The maximum atomic E-state index is 5.32. The van der Waals surface area contributed by atoms with Crippen LogP contribution in [0.15, 0.2) is 28.8 Å². The smallest absolute Gasteiger partial charge is 0.258 e. The molecule has 90 valence electrons. The molecule has 3 nitrogen and oxygen atoms in total. The maximum absolute atomic E-state index is 5.32. The van der Waals surface area contributed by atoms with Gasteiger partial charge in [0.25, 0.3) is 5.89 Å². The number of hydrogen-bond acceptors (Lipinski definition) is 3. The van der Waals surface area contributed by atoms with Crippen molar-refractivity contribution in [3.05, 3.63) is 35.7 Å². The fraction of sp³-hybridized carbons (Fsp3) is 0.429. The summed E-state index contributed by atoms with van der Waals surface area (Å²) in [5.74, 6) is 1.39. The number of rotatable bonds is 2. The topological polar surface area (TPSA) is 38.9 Å². The van der Waals surface area contributed by atoms with Gasteiger partial charge in [-0.2, -0.15) is 4.98 Å². The van der Waals surface area contributed by atoms with E-state index in [1.54, 1.807) is 0 Å². The Morgan fingerprint density at radius 3 is 2.53 bits per heavy atom. The van der Waals surface area contributed by atoms with Crippen molar-refractivity contribution in [1.82, 2.24) is 10.1 Å². The summed E-state index contributed by atoms with van der Waals surface area (Å²) in [6, 6.07) is 8.04. The molecule has 2 aromatic rings. The third-order valence-corrected chi connectivity index (χ3v) is 2.53. The Balaban J connectivity index is 2.28. The molecule has 0 aliphatic carbocycles. The summed E-state index contributed by atoms with van der Waals surface area (Å²) >= 11 is 0. The Morgan fingerprint density at radius 2 is 1.88 bits per heavy atom. The molecule has 1 heterocycles. The van der Waals surface area contributed by atoms with Crippen molar-refractivity contribution >= 4 is 0 Å². The maximum Gasteiger partial charge on any atom is 0.258 e. The Hall–Kier alpha value is -1.64. The summed E-state index contributed by atoms with van der Waals surface area (Å²) in [5.41, 5.74) is 2.34. The van der Waals surface area contributed by atoms with Crippen molar-refractivity contribution in [2.75, 3.05) is 0 Å². The van der Waals surface area contributed by atoms with Gasteiger partial charge in [-0.05, 0) is 24.0 Å². The quantitative estimate of drug-likeness (QED) is 0.790. The highest BCUT2D eigenvalue weighted by Crippen LogP contribution is 2.23. The van der Waals surface area contributed by atoms with Crippen LogP contribution in [0, 0.1) is 12.3 Å². The van der Waals surface area contributed by atoms with Gasteiger partial charge in [-0.25, -0.2) is 0 Å². The van der Waals surface area contributed by atoms with E-state index < -0.39 is 0 Å². The largest absolute Gasteiger partial charge is 0.334 e. The van der Waals surface area contributed by atoms with Gasteiger partial charge in [-0.3, -0.25) is 0 Å². The Bertz CT molecular complexity index is 509. The molecule has 0 radical (unpaired) electrons. The van der Waals surface area contributed by atoms with Crippen LogP contribution in [0.5, 0.6) is 0 Å². The van der Waals surface area contributed by atoms with Crippen molar-refractivity contribution in [3.8, 4) is 11.5 Å². The van der Waals surface area contributed by atoms with Crippen LogP contribution in [0.1, 0.15) is 32.2 Å². The van der Waals surface area contributed by atoms with Gasteiger partial charge in [0.15, 0.2) is 5.82 Å². The fourth-order valence-electron chi connectivity index (χ4n) is 1.72. The molecule has 0 N–H and O–H groups in total. The molecule has 1 aromatic heterocycles. The molecule has 0 aliphatic rings. The lowest BCUT2D eigenvalue weighted by atomic mass is 9.92. The van der Waals surface area contributed by atoms with Crippen LogP contribution in [-0.2, 0) is 6.42 Å². The molecule has 0 spiro atoms. The molecule has 0 unspecified atom stereocenters. The summed E-state index contributed by atoms with van der Waals surface area (Å²) < 4.78 is 5.32. The van der Waals surface area contributed by atoms with Crippen LogP contribution >= 0.6 is 0 Å². The van der Waals surface area contributed by atoms with Gasteiger partial charge in [0.2, 0.25) is 0 Å². The zero-order chi connectivity index (χ0) is 12.5. The molecule has 0 bridgehead atoms. The lowest BCUT2D eigenvalue weighted by Gasteiger charge is -2.14. The highest BCUT2D eigenvalue weighted by Gasteiger charge is 2.17. The Morgan fingerprint density at radius 1 is 1.18 bits per heavy atom. The van der Waals surface area contributed by atoms with Crippen molar-refractivity contribution in [2.45, 2.75) is 34.1 Å². The van der Waals surface area contributed by atoms with Gasteiger partial charge in [-0.15, -0.1) is 0 Å². The monoisotopic (exact) mass is 230 g/mol. The Kier molecular flexibility index (Phi) is 3.01. The molecule has 0 saturated carbocycles. The van der Waals surface area contributed by atoms with Crippen LogP contribution in [0.4, 0.5) is 0 Å². The highest BCUT2D eigenvalue weighted by atomic mass is 16.5. The van der Waals surface area contributed by atoms with Crippen LogP contribution in [-0.4, -0.2) is 10.1 Å². The van der Waals surface area contributed by atoms with Gasteiger partial charge in [0.1, 0.15) is 0 Å². The molecule has 0 amide bonds. The number of hydrogen-bond donors (Lipinski definition) is 0. The van der Waals surface area contributed by atoms with E-state index in [1.165, 1.54) is 0 Å². The van der Waals surface area contributed by atoms with E-state index in [1.807, 2.05) is 31.2 Å². The van der Waals surface area contributed by atoms with E-state index >= 15 is 0 Å². The van der Waals surface area contributed by atoms with E-state index in [9.17, 15) is 0 Å². The van der Waals surface area contributed by atoms with E-state index in [-0.39, 0.29) is 5.41 Å². The molecule has 0 aliphatic heterocycles. The van der Waals surface area contributed by atoms with Crippen molar-refractivity contribution in [1.29, 1.82) is 0 Å². The third-order valence-electron chi connectivity index (χ3n) is 2.53. The van der Waals surface area contributed by atoms with Crippen molar-refractivity contribution < 1.29 is 4.52 Å². The molecule has 1 aromatic carbocycles. The van der Waals surface area contributed by atoms with E-state index in [4.69, 9.17) is 4.52 Å². The van der Waals surface area contributed by atoms with Crippen LogP contribution in [0.25, 0.3) is 11.5 Å². The van der Waals surface area contributed by atoms with Crippen LogP contribution in [0.2, 0.25) is 0 Å². The molecule has 0 fully saturated rings. The first-order chi connectivity index (χ1) is 7.96. The molecule has 0 saturated heterocycles. The standard InChI is InChI=1S/C14H18N2O/c1-10-7-5-6-8-11(10)13-15-12(16-17-13)9-14(2,3)4/h5-8H,9H2,1-4H3. The van der Waals surface area contributed by atoms with Gasteiger partial charge >= 0.3 is 0 Å². The summed E-state index contributed by atoms with van der Waals surface area (Å²) in [6.07, 6.45) is 0.822. The third kappa shape index (κ3) is 2.93. The zero-order valence-electron chi connectivity index (χ0n) is 10.8. The van der Waals surface area contributed by atoms with E-state index in [2.05, 4.69) is 30.9 Å². The second-order valence-corrected chi connectivity index (χ2v) is 5.57. The minimum atomic E-state index is 0.173. The molecular weight excluding hydrogens is 212 g/mol. The summed E-state index contributed by atoms with van der Waals surface area (Å²) in [6.45, 7) is 8.54. The highest BCUT2D eigenvalue weighted by molar-refractivity contribution is 5.57. The van der Waals surface area contributed by atoms with Gasteiger partial charge in [-0.1, -0.05) is 44.1 Å². The first kappa shape index (κ1) is 11.8. The lowest BCUT2D eigenvalue weighted by Crippen LogP contribution is -2.10. The van der Waals surface area contributed by atoms with Crippen molar-refractivity contribution in [3.63, 3.8) is 0 Å². The predicted molar refractivity (Wildman–Crippen MR) is 67.6 cm³/mol. The number of aryl methyl sites for hydroxylation is 1. The number of nitrogens with zero attached hydrogens (tertiary/aromatic N) is 2. The second-order valence-electron chi connectivity index (χ2n) is 5.57. The average Bonchev–Trinajstić information content (AvgIpc) is 2.64. The van der Waals surface area contributed by atoms with Gasteiger partial charge in [0.05, 0.1) is 0 Å². The molecule has 0 atom stereocenters. The summed E-state index contributed by atoms with van der Waals surface area (Å²) in [4.78, 5) is 4.45. The van der Waals surface area contributed by atoms with Crippen LogP contribution in [0.3, 0.4) is 0 Å². The first-order valence-electron chi connectivity index (χ1n) is 5.84. The molecular formula is C14H18N2O. The summed E-state index contributed by atoms with van der Waals surface area (Å²) in [5, 5.41) is 4.03. The molecule has 17 heavy (non-hydrogen) atoms. The Labute approximate surface area is 102 Å². The molecule has 2 rings (SSSR count).